The molecule has 152 valence electrons. The zero-order valence-electron chi connectivity index (χ0n) is 17.0. The standard InChI is InChI=1S/C23H25NO5/c1-15(2)17-10-8-16(9-11-17)14-28-22(27)24-13-12-18-19(24)6-5-7-20(18)29-23(3,4)21(25)26/h5-13,15H,14H2,1-4H3,(H,25,26). The highest BCUT2D eigenvalue weighted by Gasteiger charge is 2.30. The maximum Gasteiger partial charge on any atom is 0.418 e. The molecular weight excluding hydrogens is 370 g/mol. The van der Waals surface area contributed by atoms with Gasteiger partial charge >= 0.3 is 12.1 Å². The molecule has 6 nitrogen and oxygen atoms in total. The number of hydrogen-bond acceptors (Lipinski definition) is 4. The molecule has 0 atom stereocenters. The molecule has 0 amide bonds. The Morgan fingerprint density at radius 2 is 1.76 bits per heavy atom. The van der Waals surface area contributed by atoms with Gasteiger partial charge in [0.05, 0.1) is 5.52 Å². The molecule has 0 saturated heterocycles. The molecule has 2 aromatic carbocycles. The Bertz CT molecular complexity index is 1030. The van der Waals surface area contributed by atoms with E-state index in [1.54, 1.807) is 30.5 Å². The predicted octanol–water partition coefficient (Wildman–Crippen LogP) is 5.19. The zero-order chi connectivity index (χ0) is 21.2. The highest BCUT2D eigenvalue weighted by atomic mass is 16.5. The van der Waals surface area contributed by atoms with Gasteiger partial charge in [0.15, 0.2) is 5.60 Å². The smallest absolute Gasteiger partial charge is 0.418 e. The fourth-order valence-corrected chi connectivity index (χ4v) is 2.92. The number of carbonyl (C=O) groups excluding carboxylic acids is 1. The Morgan fingerprint density at radius 3 is 2.38 bits per heavy atom. The summed E-state index contributed by atoms with van der Waals surface area (Å²) >= 11 is 0. The van der Waals surface area contributed by atoms with Crippen molar-refractivity contribution in [2.45, 2.75) is 45.8 Å². The second kappa shape index (κ2) is 7.99. The van der Waals surface area contributed by atoms with Crippen molar-refractivity contribution >= 4 is 23.0 Å². The van der Waals surface area contributed by atoms with Gasteiger partial charge in [0.25, 0.3) is 0 Å². The van der Waals surface area contributed by atoms with Gasteiger partial charge in [-0.1, -0.05) is 44.2 Å². The van der Waals surface area contributed by atoms with E-state index in [0.29, 0.717) is 22.6 Å². The minimum Gasteiger partial charge on any atom is -0.478 e. The van der Waals surface area contributed by atoms with E-state index < -0.39 is 17.7 Å². The number of aliphatic carboxylic acids is 1. The van der Waals surface area contributed by atoms with Crippen molar-refractivity contribution in [2.75, 3.05) is 0 Å². The summed E-state index contributed by atoms with van der Waals surface area (Å²) in [6.45, 7) is 7.37. The second-order valence-corrected chi connectivity index (χ2v) is 7.74. The molecule has 3 rings (SSSR count). The maximum absolute atomic E-state index is 12.6. The molecule has 1 aromatic heterocycles. The van der Waals surface area contributed by atoms with Crippen LogP contribution in [0, 0.1) is 0 Å². The fourth-order valence-electron chi connectivity index (χ4n) is 2.92. The van der Waals surface area contributed by atoms with Crippen LogP contribution in [0.5, 0.6) is 5.75 Å². The molecule has 1 N–H and O–H groups in total. The van der Waals surface area contributed by atoms with E-state index in [-0.39, 0.29) is 6.61 Å². The van der Waals surface area contributed by atoms with Crippen molar-refractivity contribution in [3.05, 3.63) is 65.9 Å². The van der Waals surface area contributed by atoms with E-state index in [4.69, 9.17) is 9.47 Å². The van der Waals surface area contributed by atoms with Crippen molar-refractivity contribution in [3.8, 4) is 5.75 Å². The summed E-state index contributed by atoms with van der Waals surface area (Å²) in [6.07, 6.45) is 1.08. The molecule has 0 saturated carbocycles. The highest BCUT2D eigenvalue weighted by Crippen LogP contribution is 2.30. The van der Waals surface area contributed by atoms with Crippen LogP contribution in [0.25, 0.3) is 10.9 Å². The largest absolute Gasteiger partial charge is 0.478 e. The molecule has 0 aliphatic heterocycles. The van der Waals surface area contributed by atoms with Gasteiger partial charge in [-0.25, -0.2) is 9.59 Å². The summed E-state index contributed by atoms with van der Waals surface area (Å²) < 4.78 is 12.5. The SMILES string of the molecule is CC(C)c1ccc(COC(=O)n2ccc3c(OC(C)(C)C(=O)O)cccc32)cc1. The Morgan fingerprint density at radius 1 is 1.07 bits per heavy atom. The first-order valence-electron chi connectivity index (χ1n) is 9.47. The van der Waals surface area contributed by atoms with Crippen LogP contribution in [-0.4, -0.2) is 27.3 Å². The number of carboxylic acid groups (broad SMARTS) is 1. The number of benzene rings is 2. The normalized spacial score (nSPS) is 11.6. The van der Waals surface area contributed by atoms with Crippen LogP contribution in [0.2, 0.25) is 0 Å². The molecule has 0 aliphatic carbocycles. The summed E-state index contributed by atoms with van der Waals surface area (Å²) in [7, 11) is 0. The van der Waals surface area contributed by atoms with Gasteiger partial charge in [-0.15, -0.1) is 0 Å². The minimum absolute atomic E-state index is 0.166. The number of nitrogens with zero attached hydrogens (tertiary/aromatic N) is 1. The third-order valence-corrected chi connectivity index (χ3v) is 4.78. The van der Waals surface area contributed by atoms with Crippen LogP contribution in [0.3, 0.4) is 0 Å². The van der Waals surface area contributed by atoms with Crippen LogP contribution < -0.4 is 4.74 Å². The van der Waals surface area contributed by atoms with E-state index in [2.05, 4.69) is 13.8 Å². The number of carbonyl (C=O) groups is 2. The summed E-state index contributed by atoms with van der Waals surface area (Å²) in [5, 5.41) is 9.93. The molecular formula is C23H25NO5. The topological polar surface area (TPSA) is 77.8 Å². The van der Waals surface area contributed by atoms with Gasteiger partial charge in [-0.05, 0) is 49.1 Å². The maximum atomic E-state index is 12.6. The monoisotopic (exact) mass is 395 g/mol. The van der Waals surface area contributed by atoms with Crippen molar-refractivity contribution in [3.63, 3.8) is 0 Å². The number of aromatic nitrogens is 1. The Kier molecular flexibility index (Phi) is 5.64. The first-order chi connectivity index (χ1) is 13.7. The second-order valence-electron chi connectivity index (χ2n) is 7.74. The van der Waals surface area contributed by atoms with Gasteiger partial charge in [-0.3, -0.25) is 4.57 Å². The van der Waals surface area contributed by atoms with Gasteiger partial charge < -0.3 is 14.6 Å². The molecule has 0 radical (unpaired) electrons. The van der Waals surface area contributed by atoms with Gasteiger partial charge in [-0.2, -0.15) is 0 Å². The number of fused-ring (bicyclic) bond motifs is 1. The minimum atomic E-state index is -1.39. The molecule has 0 unspecified atom stereocenters. The number of rotatable bonds is 6. The third-order valence-electron chi connectivity index (χ3n) is 4.78. The number of ether oxygens (including phenoxy) is 2. The Labute approximate surface area is 169 Å². The van der Waals surface area contributed by atoms with Crippen molar-refractivity contribution < 1.29 is 24.2 Å². The number of hydrogen-bond donors (Lipinski definition) is 1. The molecule has 0 spiro atoms. The molecule has 1 heterocycles. The average Bonchev–Trinajstić information content (AvgIpc) is 3.11. The van der Waals surface area contributed by atoms with Crippen LogP contribution in [-0.2, 0) is 16.1 Å². The molecule has 3 aromatic rings. The van der Waals surface area contributed by atoms with E-state index in [0.717, 1.165) is 5.56 Å². The quantitative estimate of drug-likeness (QED) is 0.621. The Hall–Kier alpha value is -3.28. The highest BCUT2D eigenvalue weighted by molar-refractivity contribution is 5.93. The summed E-state index contributed by atoms with van der Waals surface area (Å²) in [6, 6.07) is 14.8. The van der Waals surface area contributed by atoms with Gasteiger partial charge in [0.2, 0.25) is 0 Å². The summed E-state index contributed by atoms with van der Waals surface area (Å²) in [5.74, 6) is -0.233. The van der Waals surface area contributed by atoms with Crippen molar-refractivity contribution in [2.24, 2.45) is 0 Å². The summed E-state index contributed by atoms with van der Waals surface area (Å²) in [4.78, 5) is 23.9. The molecule has 29 heavy (non-hydrogen) atoms. The van der Waals surface area contributed by atoms with Crippen LogP contribution in [0.1, 0.15) is 44.7 Å². The fraction of sp³-hybridized carbons (Fsp3) is 0.304. The van der Waals surface area contributed by atoms with Crippen molar-refractivity contribution in [1.82, 2.24) is 4.57 Å². The predicted molar refractivity (Wildman–Crippen MR) is 110 cm³/mol. The lowest BCUT2D eigenvalue weighted by Gasteiger charge is -2.22. The lowest BCUT2D eigenvalue weighted by atomic mass is 10.0. The average molecular weight is 395 g/mol. The lowest BCUT2D eigenvalue weighted by molar-refractivity contribution is -0.152. The summed E-state index contributed by atoms with van der Waals surface area (Å²) in [5.41, 5.74) is 1.34. The van der Waals surface area contributed by atoms with Gasteiger partial charge in [0.1, 0.15) is 12.4 Å². The van der Waals surface area contributed by atoms with E-state index >= 15 is 0 Å². The van der Waals surface area contributed by atoms with E-state index in [1.807, 2.05) is 24.3 Å². The zero-order valence-corrected chi connectivity index (χ0v) is 17.0. The molecule has 0 fully saturated rings. The van der Waals surface area contributed by atoms with Crippen LogP contribution in [0.4, 0.5) is 4.79 Å². The van der Waals surface area contributed by atoms with Crippen molar-refractivity contribution in [1.29, 1.82) is 0 Å². The lowest BCUT2D eigenvalue weighted by Crippen LogP contribution is -2.37. The van der Waals surface area contributed by atoms with Crippen LogP contribution in [0.15, 0.2) is 54.7 Å². The molecule has 6 heteroatoms. The van der Waals surface area contributed by atoms with Gasteiger partial charge in [0, 0.05) is 11.6 Å². The van der Waals surface area contributed by atoms with Crippen LogP contribution >= 0.6 is 0 Å². The Balaban J connectivity index is 1.77. The number of carboxylic acids is 1. The third kappa shape index (κ3) is 4.42. The first kappa shape index (κ1) is 20.5. The first-order valence-corrected chi connectivity index (χ1v) is 9.47. The molecule has 0 aliphatic rings. The van der Waals surface area contributed by atoms with E-state index in [9.17, 15) is 14.7 Å². The van der Waals surface area contributed by atoms with E-state index in [1.165, 1.54) is 24.0 Å². The molecule has 0 bridgehead atoms.